The predicted molar refractivity (Wildman–Crippen MR) is 60.4 cm³/mol. The van der Waals surface area contributed by atoms with Gasteiger partial charge in [0, 0.05) is 0 Å². The Hall–Kier alpha value is -0.180. The van der Waals surface area contributed by atoms with Gasteiger partial charge in [0.1, 0.15) is 0 Å². The average Bonchev–Trinajstić information content (AvgIpc) is 2.59. The Bertz CT molecular complexity index is 277. The summed E-state index contributed by atoms with van der Waals surface area (Å²) < 4.78 is 0. The van der Waals surface area contributed by atoms with E-state index in [1.54, 1.807) is 13.2 Å². The SMILES string of the molecule is c1ccc(PC2=PCCC2)cc1. The fourth-order valence-electron chi connectivity index (χ4n) is 1.33. The van der Waals surface area contributed by atoms with Gasteiger partial charge in [-0.15, -0.1) is 8.20 Å². The zero-order chi connectivity index (χ0) is 8.23. The van der Waals surface area contributed by atoms with E-state index in [9.17, 15) is 0 Å². The predicted octanol–water partition coefficient (Wildman–Crippen LogP) is 2.86. The lowest BCUT2D eigenvalue weighted by Gasteiger charge is -2.00. The lowest BCUT2D eigenvalue weighted by Crippen LogP contribution is -1.95. The van der Waals surface area contributed by atoms with Gasteiger partial charge in [-0.2, -0.15) is 0 Å². The van der Waals surface area contributed by atoms with Crippen LogP contribution in [0.2, 0.25) is 0 Å². The molecule has 0 N–H and O–H groups in total. The van der Waals surface area contributed by atoms with Gasteiger partial charge >= 0.3 is 0 Å². The smallest absolute Gasteiger partial charge is 0.0100 e. The summed E-state index contributed by atoms with van der Waals surface area (Å²) in [6.07, 6.45) is 4.18. The second-order valence-electron chi connectivity index (χ2n) is 2.92. The molecule has 1 unspecified atom stereocenters. The lowest BCUT2D eigenvalue weighted by molar-refractivity contribution is 1.04. The van der Waals surface area contributed by atoms with Crippen LogP contribution in [0.4, 0.5) is 0 Å². The molecule has 0 nitrogen and oxygen atoms in total. The first-order chi connectivity index (χ1) is 5.95. The average molecular weight is 194 g/mol. The molecule has 0 fully saturated rings. The molecular weight excluding hydrogens is 182 g/mol. The van der Waals surface area contributed by atoms with Crippen molar-refractivity contribution in [3.8, 4) is 0 Å². The van der Waals surface area contributed by atoms with Crippen molar-refractivity contribution in [3.63, 3.8) is 0 Å². The van der Waals surface area contributed by atoms with Crippen molar-refractivity contribution in [2.75, 3.05) is 6.16 Å². The number of hydrogen-bond acceptors (Lipinski definition) is 0. The third kappa shape index (κ3) is 2.16. The Morgan fingerprint density at radius 3 is 2.67 bits per heavy atom. The van der Waals surface area contributed by atoms with E-state index in [1.165, 1.54) is 24.3 Å². The summed E-state index contributed by atoms with van der Waals surface area (Å²) in [5.41, 5.74) is 0. The monoisotopic (exact) mass is 194 g/mol. The van der Waals surface area contributed by atoms with Crippen molar-refractivity contribution in [3.05, 3.63) is 30.3 Å². The van der Waals surface area contributed by atoms with Gasteiger partial charge in [0.15, 0.2) is 0 Å². The standard InChI is InChI=1S/C10H12P2/c1-2-5-9(6-3-1)12-10-7-4-8-11-10/h1-3,5-6,12H,4,7-8H2. The minimum atomic E-state index is 0.962. The normalized spacial score (nSPS) is 18.5. The van der Waals surface area contributed by atoms with Crippen LogP contribution >= 0.6 is 16.8 Å². The van der Waals surface area contributed by atoms with Crippen LogP contribution in [0.25, 0.3) is 0 Å². The molecule has 0 amide bonds. The maximum atomic E-state index is 2.24. The zero-order valence-electron chi connectivity index (χ0n) is 6.96. The molecule has 1 aliphatic heterocycles. The van der Waals surface area contributed by atoms with Gasteiger partial charge in [0.25, 0.3) is 0 Å². The summed E-state index contributed by atoms with van der Waals surface area (Å²) in [5, 5.41) is 3.25. The molecule has 1 aromatic rings. The van der Waals surface area contributed by atoms with Gasteiger partial charge in [-0.1, -0.05) is 38.9 Å². The third-order valence-corrected chi connectivity index (χ3v) is 5.05. The van der Waals surface area contributed by atoms with Crippen LogP contribution in [0, 0.1) is 0 Å². The third-order valence-electron chi connectivity index (χ3n) is 1.94. The molecule has 1 heterocycles. The number of rotatable bonds is 2. The Morgan fingerprint density at radius 2 is 2.00 bits per heavy atom. The lowest BCUT2D eigenvalue weighted by atomic mass is 10.4. The van der Waals surface area contributed by atoms with Gasteiger partial charge < -0.3 is 0 Å². The first kappa shape index (κ1) is 8.42. The molecule has 2 rings (SSSR count). The summed E-state index contributed by atoms with van der Waals surface area (Å²) in [6, 6.07) is 10.8. The van der Waals surface area contributed by atoms with E-state index in [0.717, 1.165) is 8.58 Å². The first-order valence-electron chi connectivity index (χ1n) is 4.30. The second kappa shape index (κ2) is 4.17. The van der Waals surface area contributed by atoms with Crippen LogP contribution in [0.15, 0.2) is 30.3 Å². The van der Waals surface area contributed by atoms with E-state index in [0.29, 0.717) is 0 Å². The van der Waals surface area contributed by atoms with Crippen LogP contribution in [-0.4, -0.2) is 11.2 Å². The highest BCUT2D eigenvalue weighted by Gasteiger charge is 2.04. The fraction of sp³-hybridized carbons (Fsp3) is 0.300. The highest BCUT2D eigenvalue weighted by Crippen LogP contribution is 2.28. The van der Waals surface area contributed by atoms with Crippen molar-refractivity contribution in [1.29, 1.82) is 0 Å². The fourth-order valence-corrected chi connectivity index (χ4v) is 4.27. The number of benzene rings is 1. The summed E-state index contributed by atoms with van der Waals surface area (Å²) >= 11 is 0. The molecule has 1 aliphatic rings. The van der Waals surface area contributed by atoms with Crippen molar-refractivity contribution in [2.24, 2.45) is 0 Å². The van der Waals surface area contributed by atoms with Gasteiger partial charge in [0.2, 0.25) is 0 Å². The van der Waals surface area contributed by atoms with Crippen molar-refractivity contribution >= 4 is 27.1 Å². The van der Waals surface area contributed by atoms with Gasteiger partial charge in [0.05, 0.1) is 0 Å². The van der Waals surface area contributed by atoms with E-state index in [-0.39, 0.29) is 0 Å². The van der Waals surface area contributed by atoms with Crippen LogP contribution in [0.5, 0.6) is 0 Å². The molecule has 1 atom stereocenters. The summed E-state index contributed by atoms with van der Waals surface area (Å²) in [7, 11) is 2.57. The molecule has 12 heavy (non-hydrogen) atoms. The maximum absolute atomic E-state index is 2.24. The molecule has 0 spiro atoms. The highest BCUT2D eigenvalue weighted by molar-refractivity contribution is 7.78. The van der Waals surface area contributed by atoms with Crippen LogP contribution in [0.3, 0.4) is 0 Å². The van der Waals surface area contributed by atoms with Crippen molar-refractivity contribution in [1.82, 2.24) is 0 Å². The molecule has 1 aromatic carbocycles. The van der Waals surface area contributed by atoms with Crippen LogP contribution in [-0.2, 0) is 0 Å². The van der Waals surface area contributed by atoms with E-state index in [1.807, 2.05) is 0 Å². The number of hydrogen-bond donors (Lipinski definition) is 0. The van der Waals surface area contributed by atoms with Gasteiger partial charge in [-0.05, 0) is 29.3 Å². The molecule has 2 heteroatoms. The van der Waals surface area contributed by atoms with Crippen molar-refractivity contribution < 1.29 is 0 Å². The maximum Gasteiger partial charge on any atom is -0.0100 e. The molecular formula is C10H12P2. The topological polar surface area (TPSA) is 0 Å². The summed E-state index contributed by atoms with van der Waals surface area (Å²) in [5.74, 6) is 0. The Balaban J connectivity index is 2.04. The largest absolute Gasteiger partial charge is 0.100 e. The molecule has 0 aliphatic carbocycles. The minimum Gasteiger partial charge on any atom is -0.100 e. The molecule has 0 bridgehead atoms. The summed E-state index contributed by atoms with van der Waals surface area (Å²) in [4.78, 5) is 0. The second-order valence-corrected chi connectivity index (χ2v) is 6.08. The molecule has 0 radical (unpaired) electrons. The zero-order valence-corrected chi connectivity index (χ0v) is 8.85. The van der Waals surface area contributed by atoms with Gasteiger partial charge in [-0.25, -0.2) is 0 Å². The molecule has 0 saturated carbocycles. The van der Waals surface area contributed by atoms with E-state index >= 15 is 0 Å². The van der Waals surface area contributed by atoms with Crippen LogP contribution < -0.4 is 5.30 Å². The molecule has 0 aromatic heterocycles. The molecule has 62 valence electrons. The van der Waals surface area contributed by atoms with Crippen molar-refractivity contribution in [2.45, 2.75) is 12.8 Å². The van der Waals surface area contributed by atoms with Gasteiger partial charge in [-0.3, -0.25) is 0 Å². The first-order valence-corrected chi connectivity index (χ1v) is 6.38. The van der Waals surface area contributed by atoms with E-state index < -0.39 is 0 Å². The minimum absolute atomic E-state index is 0.962. The highest BCUT2D eigenvalue weighted by atomic mass is 31.1. The quantitative estimate of drug-likeness (QED) is 0.635. The Labute approximate surface area is 77.0 Å². The molecule has 0 saturated heterocycles. The summed E-state index contributed by atoms with van der Waals surface area (Å²) in [6.45, 7) is 0. The Morgan fingerprint density at radius 1 is 1.17 bits per heavy atom. The van der Waals surface area contributed by atoms with E-state index in [4.69, 9.17) is 0 Å². The van der Waals surface area contributed by atoms with E-state index in [2.05, 4.69) is 30.3 Å². The van der Waals surface area contributed by atoms with Crippen LogP contribution in [0.1, 0.15) is 12.8 Å². The Kier molecular flexibility index (Phi) is 2.93.